The predicted molar refractivity (Wildman–Crippen MR) is 57.2 cm³/mol. The Labute approximate surface area is 96.2 Å². The molecule has 0 aliphatic rings. The molecule has 0 spiro atoms. The van der Waals surface area contributed by atoms with E-state index >= 15 is 0 Å². The van der Waals surface area contributed by atoms with Gasteiger partial charge in [0.25, 0.3) is 0 Å². The molecule has 0 saturated heterocycles. The Balaban J connectivity index is 2.47. The van der Waals surface area contributed by atoms with Gasteiger partial charge in [-0.2, -0.15) is 13.2 Å². The highest BCUT2D eigenvalue weighted by Gasteiger charge is 2.30. The maximum atomic E-state index is 12.5. The van der Waals surface area contributed by atoms with Crippen LogP contribution in [-0.4, -0.2) is 9.97 Å². The number of aromatic nitrogens is 2. The Bertz CT molecular complexity index is 535. The van der Waals surface area contributed by atoms with Crippen molar-refractivity contribution in [2.75, 3.05) is 0 Å². The van der Waals surface area contributed by atoms with E-state index in [9.17, 15) is 13.2 Å². The first-order valence-electron chi connectivity index (χ1n) is 4.93. The molecule has 2 aromatic rings. The summed E-state index contributed by atoms with van der Waals surface area (Å²) in [6.45, 7) is 1.85. The van der Waals surface area contributed by atoms with Gasteiger partial charge in [-0.25, -0.2) is 0 Å². The van der Waals surface area contributed by atoms with E-state index in [0.29, 0.717) is 5.69 Å². The molecule has 0 N–H and O–H groups in total. The summed E-state index contributed by atoms with van der Waals surface area (Å²) in [5, 5.41) is 0. The van der Waals surface area contributed by atoms with Gasteiger partial charge in [0.05, 0.1) is 17.0 Å². The lowest BCUT2D eigenvalue weighted by Crippen LogP contribution is -2.05. The summed E-state index contributed by atoms with van der Waals surface area (Å²) in [6.07, 6.45) is -1.67. The van der Waals surface area contributed by atoms with Crippen LogP contribution in [0.4, 0.5) is 13.2 Å². The summed E-state index contributed by atoms with van der Waals surface area (Å²) in [7, 11) is 0. The van der Waals surface area contributed by atoms with Crippen molar-refractivity contribution < 1.29 is 13.2 Å². The predicted octanol–water partition coefficient (Wildman–Crippen LogP) is 3.47. The Morgan fingerprint density at radius 2 is 1.53 bits per heavy atom. The quantitative estimate of drug-likeness (QED) is 0.760. The molecular weight excluding hydrogens is 229 g/mol. The van der Waals surface area contributed by atoms with Crippen molar-refractivity contribution in [1.29, 1.82) is 0 Å². The number of nitrogens with zero attached hydrogens (tertiary/aromatic N) is 2. The molecule has 88 valence electrons. The van der Waals surface area contributed by atoms with Crippen LogP contribution >= 0.6 is 0 Å². The van der Waals surface area contributed by atoms with Crippen molar-refractivity contribution in [2.45, 2.75) is 13.1 Å². The monoisotopic (exact) mass is 238 g/mol. The summed E-state index contributed by atoms with van der Waals surface area (Å²) >= 11 is 0. The third-order valence-electron chi connectivity index (χ3n) is 2.27. The zero-order valence-corrected chi connectivity index (χ0v) is 8.99. The molecule has 0 fully saturated rings. The van der Waals surface area contributed by atoms with E-state index in [4.69, 9.17) is 0 Å². The van der Waals surface area contributed by atoms with E-state index < -0.39 is 11.7 Å². The van der Waals surface area contributed by atoms with E-state index in [2.05, 4.69) is 9.97 Å². The molecule has 0 aliphatic heterocycles. The summed E-state index contributed by atoms with van der Waals surface area (Å²) < 4.78 is 37.5. The average Bonchev–Trinajstić information content (AvgIpc) is 2.28. The third-order valence-corrected chi connectivity index (χ3v) is 2.27. The van der Waals surface area contributed by atoms with Gasteiger partial charge in [0.2, 0.25) is 0 Å². The molecule has 2 aromatic heterocycles. The number of rotatable bonds is 1. The lowest BCUT2D eigenvalue weighted by Gasteiger charge is -2.07. The van der Waals surface area contributed by atoms with Crippen LogP contribution in [-0.2, 0) is 6.18 Å². The van der Waals surface area contributed by atoms with Gasteiger partial charge in [-0.3, -0.25) is 9.97 Å². The van der Waals surface area contributed by atoms with Crippen LogP contribution in [0.2, 0.25) is 0 Å². The molecule has 0 radical (unpaired) electrons. The van der Waals surface area contributed by atoms with Gasteiger partial charge in [-0.15, -0.1) is 0 Å². The largest absolute Gasteiger partial charge is 0.416 e. The minimum absolute atomic E-state index is 0.225. The molecule has 17 heavy (non-hydrogen) atoms. The molecule has 2 nitrogen and oxygen atoms in total. The van der Waals surface area contributed by atoms with Crippen molar-refractivity contribution in [3.05, 3.63) is 47.8 Å². The fourth-order valence-corrected chi connectivity index (χ4v) is 1.42. The summed E-state index contributed by atoms with van der Waals surface area (Å²) in [5.74, 6) is 0. The fraction of sp³-hybridized carbons (Fsp3) is 0.167. The van der Waals surface area contributed by atoms with Crippen LogP contribution < -0.4 is 0 Å². The smallest absolute Gasteiger partial charge is 0.255 e. The first-order chi connectivity index (χ1) is 7.97. The molecule has 2 rings (SSSR count). The zero-order valence-electron chi connectivity index (χ0n) is 8.99. The number of pyridine rings is 2. The highest BCUT2D eigenvalue weighted by Crippen LogP contribution is 2.30. The van der Waals surface area contributed by atoms with Crippen molar-refractivity contribution in [3.63, 3.8) is 0 Å². The number of halogens is 3. The van der Waals surface area contributed by atoms with Crippen LogP contribution in [0, 0.1) is 6.92 Å². The molecule has 0 aliphatic carbocycles. The number of hydrogen-bond acceptors (Lipinski definition) is 2. The van der Waals surface area contributed by atoms with Gasteiger partial charge < -0.3 is 0 Å². The minimum Gasteiger partial charge on any atom is -0.255 e. The van der Waals surface area contributed by atoms with E-state index in [1.807, 2.05) is 6.92 Å². The normalized spacial score (nSPS) is 11.5. The second kappa shape index (κ2) is 4.16. The van der Waals surface area contributed by atoms with Gasteiger partial charge in [0, 0.05) is 12.4 Å². The third kappa shape index (κ3) is 2.61. The van der Waals surface area contributed by atoms with E-state index in [1.54, 1.807) is 18.3 Å². The van der Waals surface area contributed by atoms with Crippen LogP contribution in [0.1, 0.15) is 11.1 Å². The number of alkyl halides is 3. The number of aryl methyl sites for hydroxylation is 1. The minimum atomic E-state index is -4.36. The molecule has 5 heteroatoms. The van der Waals surface area contributed by atoms with Gasteiger partial charge in [0.1, 0.15) is 0 Å². The first-order valence-corrected chi connectivity index (χ1v) is 4.93. The Morgan fingerprint density at radius 3 is 2.12 bits per heavy atom. The van der Waals surface area contributed by atoms with Gasteiger partial charge >= 0.3 is 6.18 Å². The summed E-state index contributed by atoms with van der Waals surface area (Å²) in [4.78, 5) is 7.90. The van der Waals surface area contributed by atoms with Crippen molar-refractivity contribution in [2.24, 2.45) is 0 Å². The van der Waals surface area contributed by atoms with E-state index in [0.717, 1.165) is 23.9 Å². The maximum Gasteiger partial charge on any atom is 0.416 e. The van der Waals surface area contributed by atoms with Crippen LogP contribution in [0.15, 0.2) is 36.7 Å². The van der Waals surface area contributed by atoms with Crippen LogP contribution in [0.5, 0.6) is 0 Å². The molecule has 0 atom stereocenters. The fourth-order valence-electron chi connectivity index (χ4n) is 1.42. The standard InChI is InChI=1S/C12H9F3N2/c1-8-2-4-16-10(6-8)11-7-9(3-5-17-11)12(13,14)15/h2-7H,1H3. The topological polar surface area (TPSA) is 25.8 Å². The van der Waals surface area contributed by atoms with Crippen molar-refractivity contribution in [3.8, 4) is 11.4 Å². The van der Waals surface area contributed by atoms with Crippen LogP contribution in [0.25, 0.3) is 11.4 Å². The number of hydrogen-bond donors (Lipinski definition) is 0. The van der Waals surface area contributed by atoms with Crippen LogP contribution in [0.3, 0.4) is 0 Å². The molecule has 0 bridgehead atoms. The lowest BCUT2D eigenvalue weighted by molar-refractivity contribution is -0.137. The van der Waals surface area contributed by atoms with Crippen molar-refractivity contribution in [1.82, 2.24) is 9.97 Å². The Morgan fingerprint density at radius 1 is 0.941 bits per heavy atom. The van der Waals surface area contributed by atoms with Crippen molar-refractivity contribution >= 4 is 0 Å². The Hall–Kier alpha value is -1.91. The molecular formula is C12H9F3N2. The van der Waals surface area contributed by atoms with E-state index in [1.165, 1.54) is 0 Å². The zero-order chi connectivity index (χ0) is 12.5. The van der Waals surface area contributed by atoms with E-state index in [-0.39, 0.29) is 5.69 Å². The first kappa shape index (κ1) is 11.6. The molecule has 0 aromatic carbocycles. The summed E-state index contributed by atoms with van der Waals surface area (Å²) in [5.41, 5.74) is 0.875. The Kier molecular flexibility index (Phi) is 2.83. The lowest BCUT2D eigenvalue weighted by atomic mass is 10.1. The van der Waals surface area contributed by atoms with Gasteiger partial charge in [-0.1, -0.05) is 0 Å². The molecule has 2 heterocycles. The maximum absolute atomic E-state index is 12.5. The van der Waals surface area contributed by atoms with Gasteiger partial charge in [0.15, 0.2) is 0 Å². The SMILES string of the molecule is Cc1ccnc(-c2cc(C(F)(F)F)ccn2)c1. The second-order valence-corrected chi connectivity index (χ2v) is 3.65. The molecule has 0 unspecified atom stereocenters. The van der Waals surface area contributed by atoms with Gasteiger partial charge in [-0.05, 0) is 36.8 Å². The average molecular weight is 238 g/mol. The molecule has 0 saturated carbocycles. The second-order valence-electron chi connectivity index (χ2n) is 3.65. The highest BCUT2D eigenvalue weighted by atomic mass is 19.4. The summed E-state index contributed by atoms with van der Waals surface area (Å²) in [6, 6.07) is 5.42. The highest BCUT2D eigenvalue weighted by molar-refractivity contribution is 5.55. The molecule has 0 amide bonds.